The molecule has 3 rings (SSSR count). The fourth-order valence-corrected chi connectivity index (χ4v) is 4.05. The molecule has 3 atom stereocenters. The summed E-state index contributed by atoms with van der Waals surface area (Å²) >= 11 is 0. The molecule has 0 spiro atoms. The van der Waals surface area contributed by atoms with Gasteiger partial charge in [-0.2, -0.15) is 0 Å². The third-order valence-corrected chi connectivity index (χ3v) is 5.71. The van der Waals surface area contributed by atoms with E-state index in [1.165, 1.54) is 0 Å². The molecule has 3 unspecified atom stereocenters. The number of carbonyl (C=O) groups is 2. The first kappa shape index (κ1) is 20.7. The average molecular weight is 380 g/mol. The normalized spacial score (nSPS) is 27.0. The summed E-state index contributed by atoms with van der Waals surface area (Å²) in [6.45, 7) is 4.77. The van der Waals surface area contributed by atoms with E-state index in [4.69, 9.17) is 5.73 Å². The van der Waals surface area contributed by atoms with Crippen molar-refractivity contribution in [3.05, 3.63) is 29.8 Å². The summed E-state index contributed by atoms with van der Waals surface area (Å²) in [5.41, 5.74) is 7.90. The standard InChI is InChI=1S/C20H29N3O2.ClH/c1-14(22-19(25)17-6-3-4-12-20(17,2)21)15-8-10-16(11-9-15)23-13-5-7-18(23)24;/h8-11,14,17H,3-7,12-13,21H2,1-2H3,(H,22,25);1H. The SMILES string of the molecule is CC(NC(=O)C1CCCCC1(C)N)c1ccc(N2CCCC2=O)cc1.Cl. The van der Waals surface area contributed by atoms with Crippen LogP contribution in [0.5, 0.6) is 0 Å². The summed E-state index contributed by atoms with van der Waals surface area (Å²) in [4.78, 5) is 26.3. The lowest BCUT2D eigenvalue weighted by Crippen LogP contribution is -2.53. The van der Waals surface area contributed by atoms with Gasteiger partial charge in [0.15, 0.2) is 0 Å². The quantitative estimate of drug-likeness (QED) is 0.842. The topological polar surface area (TPSA) is 75.4 Å². The highest BCUT2D eigenvalue weighted by atomic mass is 35.5. The van der Waals surface area contributed by atoms with Crippen molar-refractivity contribution in [2.45, 2.75) is 64.0 Å². The van der Waals surface area contributed by atoms with Crippen molar-refractivity contribution in [2.24, 2.45) is 11.7 Å². The molecule has 3 N–H and O–H groups in total. The Morgan fingerprint density at radius 1 is 1.27 bits per heavy atom. The second-order valence-electron chi connectivity index (χ2n) is 7.77. The van der Waals surface area contributed by atoms with Gasteiger partial charge in [0.2, 0.25) is 11.8 Å². The van der Waals surface area contributed by atoms with Crippen molar-refractivity contribution in [3.63, 3.8) is 0 Å². The molecule has 0 bridgehead atoms. The molecule has 1 aliphatic carbocycles. The van der Waals surface area contributed by atoms with Crippen LogP contribution in [0.15, 0.2) is 24.3 Å². The summed E-state index contributed by atoms with van der Waals surface area (Å²) in [5, 5.41) is 3.12. The minimum Gasteiger partial charge on any atom is -0.349 e. The van der Waals surface area contributed by atoms with Gasteiger partial charge in [0.1, 0.15) is 0 Å². The number of carbonyl (C=O) groups excluding carboxylic acids is 2. The largest absolute Gasteiger partial charge is 0.349 e. The molecule has 1 saturated heterocycles. The van der Waals surface area contributed by atoms with Gasteiger partial charge in [-0.15, -0.1) is 12.4 Å². The van der Waals surface area contributed by atoms with Crippen LogP contribution in [0, 0.1) is 5.92 Å². The molecule has 2 fully saturated rings. The number of hydrogen-bond acceptors (Lipinski definition) is 3. The van der Waals surface area contributed by atoms with Gasteiger partial charge in [0, 0.05) is 24.2 Å². The van der Waals surface area contributed by atoms with E-state index in [1.807, 2.05) is 43.0 Å². The molecule has 2 aliphatic rings. The number of nitrogens with zero attached hydrogens (tertiary/aromatic N) is 1. The molecule has 0 aromatic heterocycles. The highest BCUT2D eigenvalue weighted by Gasteiger charge is 2.38. The summed E-state index contributed by atoms with van der Waals surface area (Å²) in [6.07, 6.45) is 5.49. The Balaban J connectivity index is 0.00000243. The molecule has 2 amide bonds. The molecule has 1 aromatic rings. The van der Waals surface area contributed by atoms with Crippen molar-refractivity contribution in [1.29, 1.82) is 0 Å². The summed E-state index contributed by atoms with van der Waals surface area (Å²) in [7, 11) is 0. The molecule has 144 valence electrons. The van der Waals surface area contributed by atoms with E-state index < -0.39 is 5.54 Å². The van der Waals surface area contributed by atoms with Crippen molar-refractivity contribution < 1.29 is 9.59 Å². The third kappa shape index (κ3) is 4.38. The number of rotatable bonds is 4. The molecule has 1 heterocycles. The minimum atomic E-state index is -0.415. The van der Waals surface area contributed by atoms with E-state index >= 15 is 0 Å². The lowest BCUT2D eigenvalue weighted by Gasteiger charge is -2.37. The Morgan fingerprint density at radius 2 is 1.96 bits per heavy atom. The lowest BCUT2D eigenvalue weighted by atomic mass is 9.74. The number of nitrogens with two attached hydrogens (primary N) is 1. The van der Waals surface area contributed by atoms with E-state index in [2.05, 4.69) is 5.32 Å². The van der Waals surface area contributed by atoms with Crippen LogP contribution in [0.4, 0.5) is 5.69 Å². The van der Waals surface area contributed by atoms with E-state index in [0.29, 0.717) is 6.42 Å². The molecule has 1 saturated carbocycles. The smallest absolute Gasteiger partial charge is 0.227 e. The fourth-order valence-electron chi connectivity index (χ4n) is 4.05. The molecule has 1 aromatic carbocycles. The number of hydrogen-bond donors (Lipinski definition) is 2. The Kier molecular flexibility index (Phi) is 6.69. The predicted octanol–water partition coefficient (Wildman–Crippen LogP) is 3.32. The first-order chi connectivity index (χ1) is 11.9. The monoisotopic (exact) mass is 379 g/mol. The van der Waals surface area contributed by atoms with Gasteiger partial charge in [0.25, 0.3) is 0 Å². The number of amides is 2. The fraction of sp³-hybridized carbons (Fsp3) is 0.600. The van der Waals surface area contributed by atoms with Crippen molar-refractivity contribution in [3.8, 4) is 0 Å². The molecule has 6 heteroatoms. The van der Waals surface area contributed by atoms with Gasteiger partial charge in [-0.05, 0) is 50.8 Å². The van der Waals surface area contributed by atoms with Crippen LogP contribution >= 0.6 is 12.4 Å². The minimum absolute atomic E-state index is 0. The van der Waals surface area contributed by atoms with Gasteiger partial charge >= 0.3 is 0 Å². The zero-order chi connectivity index (χ0) is 18.0. The average Bonchev–Trinajstić information content (AvgIpc) is 3.00. The van der Waals surface area contributed by atoms with Crippen LogP contribution in [-0.2, 0) is 9.59 Å². The van der Waals surface area contributed by atoms with Gasteiger partial charge in [-0.3, -0.25) is 9.59 Å². The highest BCUT2D eigenvalue weighted by Crippen LogP contribution is 2.32. The predicted molar refractivity (Wildman–Crippen MR) is 106 cm³/mol. The molecule has 0 radical (unpaired) electrons. The van der Waals surface area contributed by atoms with Gasteiger partial charge < -0.3 is 16.0 Å². The number of halogens is 1. The van der Waals surface area contributed by atoms with Gasteiger partial charge in [0.05, 0.1) is 12.0 Å². The Bertz CT molecular complexity index is 645. The lowest BCUT2D eigenvalue weighted by molar-refractivity contribution is -0.128. The van der Waals surface area contributed by atoms with E-state index in [1.54, 1.807) is 0 Å². The maximum absolute atomic E-state index is 12.7. The highest BCUT2D eigenvalue weighted by molar-refractivity contribution is 5.95. The molecule has 26 heavy (non-hydrogen) atoms. The van der Waals surface area contributed by atoms with Crippen molar-refractivity contribution >= 4 is 29.9 Å². The first-order valence-corrected chi connectivity index (χ1v) is 9.38. The van der Waals surface area contributed by atoms with Crippen LogP contribution in [-0.4, -0.2) is 23.9 Å². The summed E-state index contributed by atoms with van der Waals surface area (Å²) in [6, 6.07) is 7.85. The zero-order valence-electron chi connectivity index (χ0n) is 15.7. The third-order valence-electron chi connectivity index (χ3n) is 5.71. The number of anilines is 1. The maximum Gasteiger partial charge on any atom is 0.227 e. The van der Waals surface area contributed by atoms with Crippen molar-refractivity contribution in [2.75, 3.05) is 11.4 Å². The number of benzene rings is 1. The molecule has 5 nitrogen and oxygen atoms in total. The Hall–Kier alpha value is -1.59. The molecular formula is C20H30ClN3O2. The van der Waals surface area contributed by atoms with Crippen LogP contribution in [0.3, 0.4) is 0 Å². The second-order valence-corrected chi connectivity index (χ2v) is 7.77. The van der Waals surface area contributed by atoms with Crippen LogP contribution < -0.4 is 16.0 Å². The van der Waals surface area contributed by atoms with Crippen LogP contribution in [0.2, 0.25) is 0 Å². The molecule has 1 aliphatic heterocycles. The zero-order valence-corrected chi connectivity index (χ0v) is 16.5. The van der Waals surface area contributed by atoms with Gasteiger partial charge in [-0.1, -0.05) is 25.0 Å². The van der Waals surface area contributed by atoms with E-state index in [9.17, 15) is 9.59 Å². The first-order valence-electron chi connectivity index (χ1n) is 9.38. The summed E-state index contributed by atoms with van der Waals surface area (Å²) in [5.74, 6) is 0.120. The van der Waals surface area contributed by atoms with Crippen LogP contribution in [0.25, 0.3) is 0 Å². The van der Waals surface area contributed by atoms with Gasteiger partial charge in [-0.25, -0.2) is 0 Å². The molecular weight excluding hydrogens is 350 g/mol. The maximum atomic E-state index is 12.7. The second kappa shape index (κ2) is 8.40. The Labute approximate surface area is 162 Å². The van der Waals surface area contributed by atoms with Crippen molar-refractivity contribution in [1.82, 2.24) is 5.32 Å². The summed E-state index contributed by atoms with van der Waals surface area (Å²) < 4.78 is 0. The number of nitrogens with one attached hydrogen (secondary N) is 1. The van der Waals surface area contributed by atoms with Crippen LogP contribution in [0.1, 0.15) is 64.0 Å². The van der Waals surface area contributed by atoms with E-state index in [0.717, 1.165) is 49.9 Å². The van der Waals surface area contributed by atoms with E-state index in [-0.39, 0.29) is 36.2 Å². The Morgan fingerprint density at radius 3 is 2.54 bits per heavy atom.